The Morgan fingerprint density at radius 3 is 2.82 bits per heavy atom. The minimum atomic E-state index is -0.331. The Balaban J connectivity index is 1.29. The Morgan fingerprint density at radius 1 is 1.28 bits per heavy atom. The summed E-state index contributed by atoms with van der Waals surface area (Å²) in [6.45, 7) is 9.13. The number of morpholine rings is 1. The lowest BCUT2D eigenvalue weighted by atomic mass is 9.85. The number of H-pyrrole nitrogens is 1. The lowest BCUT2D eigenvalue weighted by Crippen LogP contribution is -2.62. The van der Waals surface area contributed by atoms with Crippen LogP contribution < -0.4 is 5.32 Å². The van der Waals surface area contributed by atoms with E-state index in [0.717, 1.165) is 16.6 Å². The molecule has 39 heavy (non-hydrogen) atoms. The number of anilines is 2. The Bertz CT molecular complexity index is 1470. The molecule has 0 atom stereocenters. The van der Waals surface area contributed by atoms with Crippen molar-refractivity contribution in [3.05, 3.63) is 66.3 Å². The third kappa shape index (κ3) is 5.26. The Morgan fingerprint density at radius 2 is 2.08 bits per heavy atom. The summed E-state index contributed by atoms with van der Waals surface area (Å²) in [6, 6.07) is 9.30. The predicted molar refractivity (Wildman–Crippen MR) is 149 cm³/mol. The fourth-order valence-corrected chi connectivity index (χ4v) is 4.99. The maximum Gasteiger partial charge on any atom is 0.270 e. The van der Waals surface area contributed by atoms with Crippen LogP contribution in [0.2, 0.25) is 0 Å². The average molecular weight is 530 g/mol. The number of methoxy groups -OCH3 is 1. The van der Waals surface area contributed by atoms with Crippen LogP contribution in [0.25, 0.3) is 16.6 Å². The summed E-state index contributed by atoms with van der Waals surface area (Å²) in [5, 5.41) is 4.09. The number of carbonyl (C=O) groups excluding carboxylic acids is 2. The summed E-state index contributed by atoms with van der Waals surface area (Å²) >= 11 is 0. The van der Waals surface area contributed by atoms with Crippen molar-refractivity contribution < 1.29 is 19.1 Å². The molecule has 202 valence electrons. The van der Waals surface area contributed by atoms with Crippen LogP contribution in [-0.2, 0) is 14.3 Å². The molecule has 2 fully saturated rings. The molecule has 2 saturated heterocycles. The van der Waals surface area contributed by atoms with E-state index >= 15 is 0 Å². The molecule has 0 bridgehead atoms. The fourth-order valence-electron chi connectivity index (χ4n) is 4.99. The number of aromatic amines is 1. The van der Waals surface area contributed by atoms with Crippen molar-refractivity contribution in [3.8, 4) is 0 Å². The van der Waals surface area contributed by atoms with E-state index in [4.69, 9.17) is 9.47 Å². The number of allylic oxidation sites excluding steroid dienone is 1. The van der Waals surface area contributed by atoms with Gasteiger partial charge >= 0.3 is 0 Å². The van der Waals surface area contributed by atoms with E-state index in [2.05, 4.69) is 38.6 Å². The lowest BCUT2D eigenvalue weighted by molar-refractivity contribution is -0.158. The summed E-state index contributed by atoms with van der Waals surface area (Å²) in [5.74, 6) is 0.743. The van der Waals surface area contributed by atoms with E-state index in [1.807, 2.05) is 36.2 Å². The van der Waals surface area contributed by atoms with Crippen molar-refractivity contribution in [1.29, 1.82) is 0 Å². The predicted octanol–water partition coefficient (Wildman–Crippen LogP) is 3.37. The number of benzene rings is 1. The second-order valence-corrected chi connectivity index (χ2v) is 9.70. The first kappa shape index (κ1) is 26.1. The number of fused-ring (bicyclic) bond motifs is 1. The first-order valence-electron chi connectivity index (χ1n) is 12.6. The van der Waals surface area contributed by atoms with Crippen LogP contribution in [0.15, 0.2) is 59.9 Å². The van der Waals surface area contributed by atoms with Crippen LogP contribution in [0.4, 0.5) is 11.6 Å². The van der Waals surface area contributed by atoms with Gasteiger partial charge in [0.05, 0.1) is 30.6 Å². The number of carbonyl (C=O) groups is 2. The molecule has 2 aromatic heterocycles. The SMILES string of the molecule is C=N/C(=C\C(=C)OC)c1ccnc(Nc2ccc3[nH]c(C(=O)N4CCC5(CC4)COCC(=O)N5C)cc3c2)n1. The van der Waals surface area contributed by atoms with Crippen LogP contribution in [0, 0.1) is 0 Å². The Hall–Kier alpha value is -4.51. The van der Waals surface area contributed by atoms with E-state index in [0.29, 0.717) is 61.3 Å². The number of aliphatic imine (C=N–C) groups is 1. The number of aromatic nitrogens is 3. The zero-order valence-electron chi connectivity index (χ0n) is 22.1. The number of nitrogens with one attached hydrogen (secondary N) is 2. The van der Waals surface area contributed by atoms with Crippen LogP contribution in [0.3, 0.4) is 0 Å². The summed E-state index contributed by atoms with van der Waals surface area (Å²) < 4.78 is 10.6. The molecular formula is C28H31N7O4. The first-order chi connectivity index (χ1) is 18.8. The van der Waals surface area contributed by atoms with Crippen molar-refractivity contribution in [2.45, 2.75) is 18.4 Å². The molecule has 0 saturated carbocycles. The van der Waals surface area contributed by atoms with Crippen LogP contribution in [0.5, 0.6) is 0 Å². The second-order valence-electron chi connectivity index (χ2n) is 9.70. The largest absolute Gasteiger partial charge is 0.497 e. The van der Waals surface area contributed by atoms with E-state index < -0.39 is 0 Å². The molecule has 2 N–H and O–H groups in total. The molecule has 0 radical (unpaired) electrons. The lowest BCUT2D eigenvalue weighted by Gasteiger charge is -2.49. The molecule has 0 aliphatic carbocycles. The third-order valence-electron chi connectivity index (χ3n) is 7.42. The van der Waals surface area contributed by atoms with Gasteiger partial charge in [-0.2, -0.15) is 0 Å². The van der Waals surface area contributed by atoms with Gasteiger partial charge in [-0.05, 0) is 49.9 Å². The quantitative estimate of drug-likeness (QED) is 0.273. The molecule has 2 amide bonds. The van der Waals surface area contributed by atoms with Gasteiger partial charge in [0.1, 0.15) is 18.1 Å². The topological polar surface area (TPSA) is 125 Å². The van der Waals surface area contributed by atoms with Gasteiger partial charge in [-0.1, -0.05) is 6.58 Å². The van der Waals surface area contributed by atoms with Gasteiger partial charge in [0.2, 0.25) is 11.9 Å². The number of nitrogens with zero attached hydrogens (tertiary/aromatic N) is 5. The van der Waals surface area contributed by atoms with Crippen LogP contribution >= 0.6 is 0 Å². The van der Waals surface area contributed by atoms with Crippen molar-refractivity contribution in [2.75, 3.05) is 45.8 Å². The zero-order chi connectivity index (χ0) is 27.6. The standard InChI is InChI=1S/C28H31N7O4/c1-18(38-4)13-23(29-2)22-7-10-30-27(33-22)31-20-5-6-21-19(14-20)15-24(32-21)26(37)35-11-8-28(9-12-35)17-39-16-25(36)34(28)3/h5-7,10,13-15,32H,1-2,8-9,11-12,16-17H2,3-4H3,(H,30,31,33)/b23-13-. The fraction of sp³-hybridized carbons (Fsp3) is 0.321. The highest BCUT2D eigenvalue weighted by Gasteiger charge is 2.44. The second kappa shape index (κ2) is 10.7. The molecule has 11 nitrogen and oxygen atoms in total. The van der Waals surface area contributed by atoms with Crippen molar-refractivity contribution >= 4 is 46.8 Å². The summed E-state index contributed by atoms with van der Waals surface area (Å²) in [6.07, 6.45) is 4.64. The number of likely N-dealkylation sites (tertiary alicyclic amines) is 1. The molecule has 1 aromatic carbocycles. The van der Waals surface area contributed by atoms with Crippen molar-refractivity contribution in [3.63, 3.8) is 0 Å². The van der Waals surface area contributed by atoms with Gasteiger partial charge in [-0.25, -0.2) is 9.97 Å². The molecular weight excluding hydrogens is 498 g/mol. The van der Waals surface area contributed by atoms with Gasteiger partial charge in [0, 0.05) is 49.0 Å². The van der Waals surface area contributed by atoms with E-state index in [9.17, 15) is 9.59 Å². The van der Waals surface area contributed by atoms with Crippen LogP contribution in [-0.4, -0.2) is 89.3 Å². The molecule has 3 aromatic rings. The van der Waals surface area contributed by atoms with Gasteiger partial charge in [-0.3, -0.25) is 14.6 Å². The van der Waals surface area contributed by atoms with Crippen molar-refractivity contribution in [2.24, 2.45) is 4.99 Å². The highest BCUT2D eigenvalue weighted by Crippen LogP contribution is 2.32. The summed E-state index contributed by atoms with van der Waals surface area (Å²) in [5.41, 5.74) is 2.87. The van der Waals surface area contributed by atoms with Gasteiger partial charge in [-0.15, -0.1) is 0 Å². The normalized spacial score (nSPS) is 17.4. The van der Waals surface area contributed by atoms with E-state index in [-0.39, 0.29) is 24.0 Å². The van der Waals surface area contributed by atoms with Crippen molar-refractivity contribution in [1.82, 2.24) is 24.8 Å². The van der Waals surface area contributed by atoms with E-state index in [1.54, 1.807) is 23.2 Å². The van der Waals surface area contributed by atoms with E-state index in [1.165, 1.54) is 7.11 Å². The molecule has 0 unspecified atom stereocenters. The minimum absolute atomic E-state index is 0.00976. The molecule has 2 aliphatic rings. The maximum absolute atomic E-state index is 13.3. The van der Waals surface area contributed by atoms with Gasteiger partial charge < -0.3 is 29.6 Å². The number of ether oxygens (including phenoxy) is 2. The summed E-state index contributed by atoms with van der Waals surface area (Å²) in [7, 11) is 3.36. The number of hydrogen-bond acceptors (Lipinski definition) is 8. The highest BCUT2D eigenvalue weighted by molar-refractivity contribution is 5.99. The number of piperidine rings is 1. The number of likely N-dealkylation sites (N-methyl/N-ethyl adjacent to an activating group) is 1. The first-order valence-corrected chi connectivity index (χ1v) is 12.6. The Labute approximate surface area is 226 Å². The average Bonchev–Trinajstić information content (AvgIpc) is 3.38. The smallest absolute Gasteiger partial charge is 0.270 e. The number of rotatable bonds is 7. The molecule has 1 spiro atoms. The van der Waals surface area contributed by atoms with Crippen LogP contribution in [0.1, 0.15) is 29.0 Å². The minimum Gasteiger partial charge on any atom is -0.497 e. The van der Waals surface area contributed by atoms with Gasteiger partial charge in [0.15, 0.2) is 0 Å². The molecule has 5 rings (SSSR count). The van der Waals surface area contributed by atoms with Gasteiger partial charge in [0.25, 0.3) is 5.91 Å². The molecule has 2 aliphatic heterocycles. The molecule has 4 heterocycles. The monoisotopic (exact) mass is 529 g/mol. The number of amides is 2. The maximum atomic E-state index is 13.3. The zero-order valence-corrected chi connectivity index (χ0v) is 22.1. The Kier molecular flexibility index (Phi) is 7.16. The third-order valence-corrected chi connectivity index (χ3v) is 7.42. The highest BCUT2D eigenvalue weighted by atomic mass is 16.5. The number of hydrogen-bond donors (Lipinski definition) is 2. The molecule has 11 heteroatoms. The summed E-state index contributed by atoms with van der Waals surface area (Å²) in [4.78, 5) is 45.2.